The van der Waals surface area contributed by atoms with Crippen LogP contribution in [0.2, 0.25) is 0 Å². The van der Waals surface area contributed by atoms with E-state index in [2.05, 4.69) is 15.0 Å². The van der Waals surface area contributed by atoms with Crippen molar-refractivity contribution in [3.05, 3.63) is 51.9 Å². The average molecular weight is 478 g/mol. The first kappa shape index (κ1) is 22.2. The normalized spacial score (nSPS) is 21.4. The van der Waals surface area contributed by atoms with E-state index in [0.29, 0.717) is 42.9 Å². The number of imidazole rings is 1. The Labute approximate surface area is 191 Å². The van der Waals surface area contributed by atoms with E-state index < -0.39 is 22.3 Å². The first-order chi connectivity index (χ1) is 16.1. The van der Waals surface area contributed by atoms with E-state index in [1.807, 2.05) is 11.9 Å². The number of rotatable bonds is 5. The van der Waals surface area contributed by atoms with E-state index in [1.165, 1.54) is 24.5 Å². The molecule has 5 rings (SSSR count). The SMILES string of the molecule is C[C@@]1(CN2CCN(/N=C/c3cc4cc(C(F)(F)F)ccc4o3)CC2)Cn2cc([N+](=O)[O-])nc2O1. The Morgan fingerprint density at radius 2 is 2.03 bits per heavy atom. The third-order valence-corrected chi connectivity index (χ3v) is 5.87. The maximum atomic E-state index is 12.9. The molecule has 0 N–H and O–H groups in total. The van der Waals surface area contributed by atoms with Gasteiger partial charge >= 0.3 is 18.0 Å². The van der Waals surface area contributed by atoms with Crippen LogP contribution in [0.5, 0.6) is 6.01 Å². The van der Waals surface area contributed by atoms with Crippen LogP contribution in [0.25, 0.3) is 11.0 Å². The van der Waals surface area contributed by atoms with Gasteiger partial charge in [-0.15, -0.1) is 0 Å². The van der Waals surface area contributed by atoms with Crippen molar-refractivity contribution in [1.82, 2.24) is 19.5 Å². The zero-order chi connectivity index (χ0) is 24.1. The fourth-order valence-electron chi connectivity index (χ4n) is 4.29. The summed E-state index contributed by atoms with van der Waals surface area (Å²) in [5, 5.41) is 17.5. The van der Waals surface area contributed by atoms with E-state index in [0.717, 1.165) is 25.2 Å². The summed E-state index contributed by atoms with van der Waals surface area (Å²) in [6.45, 7) is 5.82. The minimum Gasteiger partial charge on any atom is -0.455 e. The molecule has 13 heteroatoms. The van der Waals surface area contributed by atoms with E-state index in [4.69, 9.17) is 9.15 Å². The Hall–Kier alpha value is -3.61. The summed E-state index contributed by atoms with van der Waals surface area (Å²) in [6.07, 6.45) is -1.51. The molecule has 0 aliphatic carbocycles. The van der Waals surface area contributed by atoms with Crippen LogP contribution in [0.15, 0.2) is 40.0 Å². The summed E-state index contributed by atoms with van der Waals surface area (Å²) >= 11 is 0. The molecule has 0 bridgehead atoms. The molecule has 2 aliphatic rings. The minimum atomic E-state index is -4.40. The maximum absolute atomic E-state index is 12.9. The summed E-state index contributed by atoms with van der Waals surface area (Å²) in [5.74, 6) is 0.154. The van der Waals surface area contributed by atoms with E-state index in [9.17, 15) is 23.3 Å². The van der Waals surface area contributed by atoms with Crippen molar-refractivity contribution in [3.8, 4) is 6.01 Å². The van der Waals surface area contributed by atoms with Gasteiger partial charge in [0, 0.05) is 43.1 Å². The van der Waals surface area contributed by atoms with Gasteiger partial charge in [-0.3, -0.25) is 14.5 Å². The van der Waals surface area contributed by atoms with E-state index in [1.54, 1.807) is 4.57 Å². The molecule has 1 saturated heterocycles. The van der Waals surface area contributed by atoms with Gasteiger partial charge in [-0.05, 0) is 36.1 Å². The average Bonchev–Trinajstić information content (AvgIpc) is 3.43. The molecule has 180 valence electrons. The molecule has 1 aromatic carbocycles. The third-order valence-electron chi connectivity index (χ3n) is 5.87. The van der Waals surface area contributed by atoms with Crippen molar-refractivity contribution in [3.63, 3.8) is 0 Å². The zero-order valence-corrected chi connectivity index (χ0v) is 18.2. The fraction of sp³-hybridized carbons (Fsp3) is 0.429. The molecule has 0 radical (unpaired) electrons. The number of aromatic nitrogens is 2. The molecule has 2 aliphatic heterocycles. The molecular weight excluding hydrogens is 457 g/mol. The van der Waals surface area contributed by atoms with Gasteiger partial charge in [-0.1, -0.05) is 0 Å². The highest BCUT2D eigenvalue weighted by atomic mass is 19.4. The highest BCUT2D eigenvalue weighted by molar-refractivity contribution is 5.87. The zero-order valence-electron chi connectivity index (χ0n) is 18.2. The number of fused-ring (bicyclic) bond motifs is 2. The predicted molar refractivity (Wildman–Crippen MR) is 115 cm³/mol. The molecule has 0 amide bonds. The number of hydrazone groups is 1. The smallest absolute Gasteiger partial charge is 0.416 e. The number of furan rings is 1. The van der Waals surface area contributed by atoms with Crippen molar-refractivity contribution < 1.29 is 27.2 Å². The first-order valence-corrected chi connectivity index (χ1v) is 10.6. The lowest BCUT2D eigenvalue weighted by molar-refractivity contribution is -0.389. The second-order valence-corrected chi connectivity index (χ2v) is 8.69. The second kappa shape index (κ2) is 8.01. The number of alkyl halides is 3. The monoisotopic (exact) mass is 478 g/mol. The highest BCUT2D eigenvalue weighted by Crippen LogP contribution is 2.33. The Bertz CT molecular complexity index is 1240. The van der Waals surface area contributed by atoms with E-state index in [-0.39, 0.29) is 11.8 Å². The van der Waals surface area contributed by atoms with Crippen molar-refractivity contribution >= 4 is 23.0 Å². The van der Waals surface area contributed by atoms with Crippen molar-refractivity contribution in [2.24, 2.45) is 5.10 Å². The third kappa shape index (κ3) is 4.42. The minimum absolute atomic E-state index is 0.228. The van der Waals surface area contributed by atoms with Crippen molar-refractivity contribution in [1.29, 1.82) is 0 Å². The summed E-state index contributed by atoms with van der Waals surface area (Å²) in [5.41, 5.74) is -0.886. The number of nitrogens with zero attached hydrogens (tertiary/aromatic N) is 6. The largest absolute Gasteiger partial charge is 0.455 e. The Kier molecular flexibility index (Phi) is 5.23. The van der Waals surface area contributed by atoms with Crippen LogP contribution in [-0.2, 0) is 12.7 Å². The molecule has 3 aromatic rings. The number of benzene rings is 1. The topological polar surface area (TPSA) is 102 Å². The number of hydrogen-bond acceptors (Lipinski definition) is 8. The molecule has 10 nitrogen and oxygen atoms in total. The molecular formula is C21H21F3N6O4. The summed E-state index contributed by atoms with van der Waals surface area (Å²) in [4.78, 5) is 16.4. The van der Waals surface area contributed by atoms with Gasteiger partial charge in [-0.25, -0.2) is 0 Å². The van der Waals surface area contributed by atoms with Crippen molar-refractivity contribution in [2.45, 2.75) is 25.2 Å². The first-order valence-electron chi connectivity index (χ1n) is 10.6. The highest BCUT2D eigenvalue weighted by Gasteiger charge is 2.41. The fourth-order valence-corrected chi connectivity index (χ4v) is 4.29. The number of hydrogen-bond donors (Lipinski definition) is 0. The van der Waals surface area contributed by atoms with Gasteiger partial charge in [-0.2, -0.15) is 18.3 Å². The Balaban J connectivity index is 1.15. The number of piperazine rings is 1. The quantitative estimate of drug-likeness (QED) is 0.315. The number of halogens is 3. The Morgan fingerprint density at radius 3 is 2.71 bits per heavy atom. The van der Waals surface area contributed by atoms with Crippen LogP contribution >= 0.6 is 0 Å². The molecule has 34 heavy (non-hydrogen) atoms. The molecule has 0 saturated carbocycles. The summed E-state index contributed by atoms with van der Waals surface area (Å²) in [6, 6.07) is 5.16. The summed E-state index contributed by atoms with van der Waals surface area (Å²) in [7, 11) is 0. The summed E-state index contributed by atoms with van der Waals surface area (Å²) < 4.78 is 51.8. The van der Waals surface area contributed by atoms with Crippen molar-refractivity contribution in [2.75, 3.05) is 32.7 Å². The lowest BCUT2D eigenvalue weighted by atomic mass is 10.1. The van der Waals surface area contributed by atoms with Crippen LogP contribution in [-0.4, -0.2) is 68.9 Å². The molecule has 0 unspecified atom stereocenters. The van der Waals surface area contributed by atoms with E-state index >= 15 is 0 Å². The van der Waals surface area contributed by atoms with Gasteiger partial charge in [0.1, 0.15) is 23.1 Å². The van der Waals surface area contributed by atoms with Crippen LogP contribution < -0.4 is 4.74 Å². The van der Waals surface area contributed by atoms with Gasteiger partial charge in [0.05, 0.1) is 18.3 Å². The maximum Gasteiger partial charge on any atom is 0.416 e. The Morgan fingerprint density at radius 1 is 1.26 bits per heavy atom. The number of ether oxygens (including phenoxy) is 1. The standard InChI is InChI=1S/C21H21F3N6O4/c1-20(13-28-11-18(30(31)32)26-19(28)34-20)12-27-4-6-29(7-5-27)25-10-16-9-14-8-15(21(22,23)24)2-3-17(14)33-16/h2-3,8-11H,4-7,12-13H2,1H3/b25-10+/t20-/m1/s1. The second-order valence-electron chi connectivity index (χ2n) is 8.69. The molecule has 1 atom stereocenters. The van der Waals surface area contributed by atoms with Crippen LogP contribution in [0.4, 0.5) is 19.0 Å². The lowest BCUT2D eigenvalue weighted by Crippen LogP contribution is -2.51. The molecule has 2 aromatic heterocycles. The van der Waals surface area contributed by atoms with Crippen LogP contribution in [0.3, 0.4) is 0 Å². The van der Waals surface area contributed by atoms with Crippen LogP contribution in [0.1, 0.15) is 18.2 Å². The lowest BCUT2D eigenvalue weighted by Gasteiger charge is -2.36. The van der Waals surface area contributed by atoms with Gasteiger partial charge in [0.2, 0.25) is 0 Å². The molecule has 4 heterocycles. The molecule has 0 spiro atoms. The van der Waals surface area contributed by atoms with Gasteiger partial charge in [0.15, 0.2) is 0 Å². The predicted octanol–water partition coefficient (Wildman–Crippen LogP) is 3.36. The van der Waals surface area contributed by atoms with Gasteiger partial charge in [0.25, 0.3) is 0 Å². The van der Waals surface area contributed by atoms with Gasteiger partial charge < -0.3 is 19.3 Å². The van der Waals surface area contributed by atoms with Crippen LogP contribution in [0, 0.1) is 10.1 Å². The molecule has 1 fully saturated rings. The number of nitro groups is 1.